The highest BCUT2D eigenvalue weighted by Crippen LogP contribution is 2.24. The van der Waals surface area contributed by atoms with E-state index < -0.39 is 6.10 Å². The lowest BCUT2D eigenvalue weighted by Crippen LogP contribution is -2.32. The molecule has 6 heteroatoms. The van der Waals surface area contributed by atoms with Gasteiger partial charge in [-0.3, -0.25) is 0 Å². The third-order valence-corrected chi connectivity index (χ3v) is 3.45. The van der Waals surface area contributed by atoms with Crippen molar-refractivity contribution >= 4 is 12.4 Å². The van der Waals surface area contributed by atoms with Gasteiger partial charge in [0, 0.05) is 18.7 Å². The average Bonchev–Trinajstić information content (AvgIpc) is 2.46. The lowest BCUT2D eigenvalue weighted by Gasteiger charge is -2.18. The second-order valence-corrected chi connectivity index (χ2v) is 5.48. The van der Waals surface area contributed by atoms with E-state index in [1.54, 1.807) is 12.1 Å². The number of rotatable bonds is 6. The molecule has 2 aromatic rings. The number of hydrogen-bond donors (Lipinski definition) is 5. The molecule has 2 rings (SSSR count). The van der Waals surface area contributed by atoms with Gasteiger partial charge in [-0.15, -0.1) is 12.4 Å². The van der Waals surface area contributed by atoms with E-state index >= 15 is 0 Å². The standard InChI is InChI=1S/C17H21NO4.ClH/c1-11(6-12-2-4-14(19)5-3-12)18-10-17(22)13-7-15(20)9-16(21)8-13;/h2-5,7-9,11,17-22H,6,10H2,1H3;1H. The van der Waals surface area contributed by atoms with Gasteiger partial charge in [0.2, 0.25) is 0 Å². The highest BCUT2D eigenvalue weighted by atomic mass is 35.5. The Kier molecular flexibility index (Phi) is 7.16. The molecule has 0 aromatic heterocycles. The van der Waals surface area contributed by atoms with Crippen LogP contribution in [0.3, 0.4) is 0 Å². The molecule has 0 spiro atoms. The summed E-state index contributed by atoms with van der Waals surface area (Å²) in [6.45, 7) is 2.31. The summed E-state index contributed by atoms with van der Waals surface area (Å²) in [5.41, 5.74) is 1.55. The lowest BCUT2D eigenvalue weighted by molar-refractivity contribution is 0.170. The van der Waals surface area contributed by atoms with Gasteiger partial charge in [0.05, 0.1) is 6.10 Å². The van der Waals surface area contributed by atoms with Crippen LogP contribution >= 0.6 is 12.4 Å². The van der Waals surface area contributed by atoms with Gasteiger partial charge < -0.3 is 25.7 Å². The maximum atomic E-state index is 10.1. The second kappa shape index (κ2) is 8.62. The highest BCUT2D eigenvalue weighted by Gasteiger charge is 2.12. The van der Waals surface area contributed by atoms with Gasteiger partial charge in [-0.1, -0.05) is 12.1 Å². The van der Waals surface area contributed by atoms with Gasteiger partial charge in [0.15, 0.2) is 0 Å². The van der Waals surface area contributed by atoms with E-state index in [2.05, 4.69) is 5.32 Å². The third-order valence-electron chi connectivity index (χ3n) is 3.45. The Hall–Kier alpha value is -1.95. The topological polar surface area (TPSA) is 93.0 Å². The van der Waals surface area contributed by atoms with Crippen LogP contribution in [0.4, 0.5) is 0 Å². The van der Waals surface area contributed by atoms with E-state index in [9.17, 15) is 20.4 Å². The SMILES string of the molecule is CC(Cc1ccc(O)cc1)NCC(O)c1cc(O)cc(O)c1.Cl. The van der Waals surface area contributed by atoms with Crippen molar-refractivity contribution in [2.24, 2.45) is 0 Å². The van der Waals surface area contributed by atoms with Crippen molar-refractivity contribution in [2.75, 3.05) is 6.54 Å². The molecule has 0 radical (unpaired) electrons. The lowest BCUT2D eigenvalue weighted by atomic mass is 10.1. The van der Waals surface area contributed by atoms with Crippen molar-refractivity contribution in [1.29, 1.82) is 0 Å². The second-order valence-electron chi connectivity index (χ2n) is 5.48. The number of phenolic OH excluding ortho intramolecular Hbond substituents is 3. The molecular weight excluding hydrogens is 318 g/mol. The molecule has 126 valence electrons. The van der Waals surface area contributed by atoms with Crippen molar-refractivity contribution < 1.29 is 20.4 Å². The van der Waals surface area contributed by atoms with Crippen LogP contribution in [0.2, 0.25) is 0 Å². The van der Waals surface area contributed by atoms with Crippen LogP contribution in [0.25, 0.3) is 0 Å². The summed E-state index contributed by atoms with van der Waals surface area (Å²) in [5.74, 6) is 0.0841. The van der Waals surface area contributed by atoms with Crippen molar-refractivity contribution in [1.82, 2.24) is 5.32 Å². The van der Waals surface area contributed by atoms with E-state index in [1.807, 2.05) is 19.1 Å². The Morgan fingerprint density at radius 3 is 2.04 bits per heavy atom. The first kappa shape index (κ1) is 19.1. The molecule has 0 saturated heterocycles. The Bertz CT molecular complexity index is 598. The molecule has 0 aliphatic rings. The van der Waals surface area contributed by atoms with E-state index in [0.717, 1.165) is 12.0 Å². The average molecular weight is 340 g/mol. The fourth-order valence-corrected chi connectivity index (χ4v) is 2.30. The zero-order chi connectivity index (χ0) is 16.1. The van der Waals surface area contributed by atoms with Crippen molar-refractivity contribution in [3.63, 3.8) is 0 Å². The van der Waals surface area contributed by atoms with E-state index in [1.165, 1.54) is 18.2 Å². The van der Waals surface area contributed by atoms with Crippen LogP contribution in [0.15, 0.2) is 42.5 Å². The summed E-state index contributed by atoms with van der Waals surface area (Å²) in [7, 11) is 0. The molecule has 23 heavy (non-hydrogen) atoms. The zero-order valence-corrected chi connectivity index (χ0v) is 13.6. The van der Waals surface area contributed by atoms with Crippen molar-refractivity contribution in [2.45, 2.75) is 25.5 Å². The number of hydrogen-bond acceptors (Lipinski definition) is 5. The molecule has 0 amide bonds. The van der Waals surface area contributed by atoms with Gasteiger partial charge >= 0.3 is 0 Å². The molecule has 0 fully saturated rings. The number of aliphatic hydroxyl groups is 1. The van der Waals surface area contributed by atoms with E-state index in [-0.39, 0.29) is 35.7 Å². The summed E-state index contributed by atoms with van der Waals surface area (Å²) in [6.07, 6.45) is -0.0570. The predicted molar refractivity (Wildman–Crippen MR) is 91.3 cm³/mol. The van der Waals surface area contributed by atoms with Crippen LogP contribution in [0.1, 0.15) is 24.2 Å². The predicted octanol–water partition coefficient (Wildman–Crippen LogP) is 2.48. The van der Waals surface area contributed by atoms with Crippen LogP contribution in [0, 0.1) is 0 Å². The van der Waals surface area contributed by atoms with Gasteiger partial charge in [-0.25, -0.2) is 0 Å². The zero-order valence-electron chi connectivity index (χ0n) is 12.8. The van der Waals surface area contributed by atoms with Gasteiger partial charge in [0.1, 0.15) is 17.2 Å². The smallest absolute Gasteiger partial charge is 0.119 e. The molecule has 5 N–H and O–H groups in total. The van der Waals surface area contributed by atoms with Crippen LogP contribution < -0.4 is 5.32 Å². The quantitative estimate of drug-likeness (QED) is 0.557. The van der Waals surface area contributed by atoms with Crippen molar-refractivity contribution in [3.8, 4) is 17.2 Å². The molecular formula is C17H22ClNO4. The van der Waals surface area contributed by atoms with Crippen LogP contribution in [-0.4, -0.2) is 33.0 Å². The number of nitrogens with one attached hydrogen (secondary N) is 1. The fraction of sp³-hybridized carbons (Fsp3) is 0.294. The summed E-state index contributed by atoms with van der Waals surface area (Å²) < 4.78 is 0. The van der Waals surface area contributed by atoms with E-state index in [4.69, 9.17) is 0 Å². The van der Waals surface area contributed by atoms with Gasteiger partial charge in [-0.2, -0.15) is 0 Å². The van der Waals surface area contributed by atoms with Crippen LogP contribution in [-0.2, 0) is 6.42 Å². The summed E-state index contributed by atoms with van der Waals surface area (Å²) in [5, 5.41) is 41.4. The molecule has 0 heterocycles. The number of aromatic hydroxyl groups is 3. The Labute approximate surface area is 141 Å². The highest BCUT2D eigenvalue weighted by molar-refractivity contribution is 5.85. The molecule has 0 aliphatic carbocycles. The normalized spacial score (nSPS) is 13.1. The molecule has 2 atom stereocenters. The molecule has 0 aliphatic heterocycles. The molecule has 5 nitrogen and oxygen atoms in total. The first-order chi connectivity index (χ1) is 10.4. The monoisotopic (exact) mass is 339 g/mol. The minimum Gasteiger partial charge on any atom is -0.508 e. The summed E-state index contributed by atoms with van der Waals surface area (Å²) >= 11 is 0. The van der Waals surface area contributed by atoms with Crippen LogP contribution in [0.5, 0.6) is 17.2 Å². The van der Waals surface area contributed by atoms with Gasteiger partial charge in [0.25, 0.3) is 0 Å². The molecule has 0 bridgehead atoms. The Morgan fingerprint density at radius 1 is 0.913 bits per heavy atom. The van der Waals surface area contributed by atoms with E-state index in [0.29, 0.717) is 12.1 Å². The van der Waals surface area contributed by atoms with Gasteiger partial charge in [-0.05, 0) is 48.7 Å². The summed E-state index contributed by atoms with van der Waals surface area (Å²) in [4.78, 5) is 0. The summed E-state index contributed by atoms with van der Waals surface area (Å²) in [6, 6.07) is 11.2. The maximum Gasteiger partial charge on any atom is 0.119 e. The number of halogens is 1. The number of aliphatic hydroxyl groups excluding tert-OH is 1. The molecule has 2 unspecified atom stereocenters. The number of phenols is 3. The first-order valence-corrected chi connectivity index (χ1v) is 7.16. The Balaban J connectivity index is 0.00000264. The van der Waals surface area contributed by atoms with Crippen molar-refractivity contribution in [3.05, 3.63) is 53.6 Å². The molecule has 2 aromatic carbocycles. The maximum absolute atomic E-state index is 10.1. The molecule has 0 saturated carbocycles. The first-order valence-electron chi connectivity index (χ1n) is 7.16. The fourth-order valence-electron chi connectivity index (χ4n) is 2.30. The third kappa shape index (κ3) is 5.98. The Morgan fingerprint density at radius 2 is 1.48 bits per heavy atom. The number of benzene rings is 2. The minimum absolute atomic E-state index is 0. The largest absolute Gasteiger partial charge is 0.508 e. The minimum atomic E-state index is -0.819.